The van der Waals surface area contributed by atoms with Crippen LogP contribution in [-0.4, -0.2) is 18.0 Å². The van der Waals surface area contributed by atoms with Crippen LogP contribution >= 0.6 is 11.3 Å². The Kier molecular flexibility index (Phi) is 4.22. The largest absolute Gasteiger partial charge is 0.322 e. The number of benzene rings is 1. The minimum absolute atomic E-state index is 0.0864. The first kappa shape index (κ1) is 13.6. The zero-order chi connectivity index (χ0) is 13.8. The van der Waals surface area contributed by atoms with E-state index in [4.69, 9.17) is 0 Å². The fraction of sp³-hybridized carbons (Fsp3) is 0.267. The van der Waals surface area contributed by atoms with Crippen LogP contribution in [0.1, 0.15) is 16.0 Å². The normalized spacial score (nSPS) is 10.3. The lowest BCUT2D eigenvalue weighted by Crippen LogP contribution is -2.30. The Labute approximate surface area is 117 Å². The number of hydrogen-bond donors (Lipinski definition) is 1. The fourth-order valence-electron chi connectivity index (χ4n) is 1.71. The van der Waals surface area contributed by atoms with Crippen LogP contribution < -0.4 is 5.32 Å². The van der Waals surface area contributed by atoms with E-state index in [9.17, 15) is 4.79 Å². The summed E-state index contributed by atoms with van der Waals surface area (Å²) in [5.41, 5.74) is 3.24. The summed E-state index contributed by atoms with van der Waals surface area (Å²) < 4.78 is 0. The Morgan fingerprint density at radius 2 is 1.89 bits per heavy atom. The molecule has 2 amide bonds. The number of urea groups is 1. The van der Waals surface area contributed by atoms with Gasteiger partial charge in [0.25, 0.3) is 0 Å². The molecule has 0 aliphatic heterocycles. The van der Waals surface area contributed by atoms with Gasteiger partial charge in [-0.05, 0) is 43.0 Å². The zero-order valence-electron chi connectivity index (χ0n) is 11.4. The molecule has 0 aliphatic carbocycles. The quantitative estimate of drug-likeness (QED) is 0.900. The van der Waals surface area contributed by atoms with E-state index in [1.165, 1.54) is 16.0 Å². The molecule has 19 heavy (non-hydrogen) atoms. The zero-order valence-corrected chi connectivity index (χ0v) is 12.3. The molecule has 0 atom stereocenters. The van der Waals surface area contributed by atoms with E-state index in [0.29, 0.717) is 6.54 Å². The number of thiophene rings is 1. The predicted molar refractivity (Wildman–Crippen MR) is 80.7 cm³/mol. The fourth-order valence-corrected chi connectivity index (χ4v) is 2.67. The summed E-state index contributed by atoms with van der Waals surface area (Å²) in [7, 11) is 1.81. The molecule has 0 fully saturated rings. The highest BCUT2D eigenvalue weighted by atomic mass is 32.1. The molecule has 4 heteroatoms. The van der Waals surface area contributed by atoms with Crippen LogP contribution in [0.3, 0.4) is 0 Å². The van der Waals surface area contributed by atoms with Crippen molar-refractivity contribution in [2.24, 2.45) is 0 Å². The van der Waals surface area contributed by atoms with E-state index < -0.39 is 0 Å². The number of aryl methyl sites for hydroxylation is 2. The van der Waals surface area contributed by atoms with Crippen molar-refractivity contribution in [2.75, 3.05) is 12.4 Å². The van der Waals surface area contributed by atoms with Crippen LogP contribution in [0.5, 0.6) is 0 Å². The molecule has 0 unspecified atom stereocenters. The van der Waals surface area contributed by atoms with Crippen LogP contribution in [0.15, 0.2) is 35.7 Å². The van der Waals surface area contributed by atoms with Crippen molar-refractivity contribution in [1.82, 2.24) is 4.90 Å². The summed E-state index contributed by atoms with van der Waals surface area (Å²) in [6.07, 6.45) is 0. The first-order valence-electron chi connectivity index (χ1n) is 6.18. The Hall–Kier alpha value is -1.81. The number of anilines is 1. The Morgan fingerprint density at radius 3 is 2.47 bits per heavy atom. The minimum Gasteiger partial charge on any atom is -0.322 e. The maximum absolute atomic E-state index is 12.1. The van der Waals surface area contributed by atoms with Crippen LogP contribution in [0, 0.1) is 13.8 Å². The first-order valence-corrected chi connectivity index (χ1v) is 7.06. The van der Waals surface area contributed by atoms with Gasteiger partial charge in [-0.2, -0.15) is 0 Å². The summed E-state index contributed by atoms with van der Waals surface area (Å²) in [6.45, 7) is 4.73. The molecule has 1 aromatic heterocycles. The number of nitrogens with one attached hydrogen (secondary N) is 1. The molecule has 100 valence electrons. The van der Waals surface area contributed by atoms with E-state index in [-0.39, 0.29) is 6.03 Å². The second kappa shape index (κ2) is 5.89. The van der Waals surface area contributed by atoms with Gasteiger partial charge < -0.3 is 10.2 Å². The van der Waals surface area contributed by atoms with Gasteiger partial charge in [-0.1, -0.05) is 17.7 Å². The predicted octanol–water partition coefficient (Wildman–Crippen LogP) is 4.03. The Morgan fingerprint density at radius 1 is 1.21 bits per heavy atom. The number of nitrogens with zero attached hydrogens (tertiary/aromatic N) is 1. The van der Waals surface area contributed by atoms with Crippen molar-refractivity contribution >= 4 is 23.1 Å². The lowest BCUT2D eigenvalue weighted by atomic mass is 10.2. The van der Waals surface area contributed by atoms with E-state index in [0.717, 1.165) is 5.69 Å². The smallest absolute Gasteiger partial charge is 0.321 e. The van der Waals surface area contributed by atoms with Crippen molar-refractivity contribution in [1.29, 1.82) is 0 Å². The number of carbonyl (C=O) groups excluding carboxylic acids is 1. The standard InChI is InChI=1S/C15H18N2OS/c1-11-4-6-13(7-5-11)16-15(18)17(3)10-14-12(2)8-9-19-14/h4-9H,10H2,1-3H3,(H,16,18). The maximum Gasteiger partial charge on any atom is 0.321 e. The third kappa shape index (κ3) is 3.58. The molecule has 2 rings (SSSR count). The molecule has 0 bridgehead atoms. The minimum atomic E-state index is -0.0864. The van der Waals surface area contributed by atoms with Crippen LogP contribution in [0.2, 0.25) is 0 Å². The molecule has 0 saturated carbocycles. The second-order valence-electron chi connectivity index (χ2n) is 4.68. The molecule has 1 N–H and O–H groups in total. The number of carbonyl (C=O) groups is 1. The molecule has 1 heterocycles. The highest BCUT2D eigenvalue weighted by Gasteiger charge is 2.11. The SMILES string of the molecule is Cc1ccc(NC(=O)N(C)Cc2sccc2C)cc1. The van der Waals surface area contributed by atoms with Gasteiger partial charge in [0.1, 0.15) is 0 Å². The lowest BCUT2D eigenvalue weighted by molar-refractivity contribution is 0.221. The average Bonchev–Trinajstić information content (AvgIpc) is 2.78. The highest BCUT2D eigenvalue weighted by Crippen LogP contribution is 2.18. The van der Waals surface area contributed by atoms with Gasteiger partial charge in [-0.15, -0.1) is 11.3 Å². The number of rotatable bonds is 3. The topological polar surface area (TPSA) is 32.3 Å². The van der Waals surface area contributed by atoms with Crippen molar-refractivity contribution in [3.63, 3.8) is 0 Å². The third-order valence-corrected chi connectivity index (χ3v) is 4.01. The van der Waals surface area contributed by atoms with E-state index in [2.05, 4.69) is 23.7 Å². The molecule has 2 aromatic rings. The van der Waals surface area contributed by atoms with Gasteiger partial charge in [0, 0.05) is 17.6 Å². The van der Waals surface area contributed by atoms with E-state index in [1.807, 2.05) is 38.2 Å². The van der Waals surface area contributed by atoms with Crippen molar-refractivity contribution in [3.8, 4) is 0 Å². The second-order valence-corrected chi connectivity index (χ2v) is 5.68. The van der Waals surface area contributed by atoms with Gasteiger partial charge in [-0.3, -0.25) is 0 Å². The Bertz CT molecular complexity index is 560. The maximum atomic E-state index is 12.1. The molecule has 0 radical (unpaired) electrons. The first-order chi connectivity index (χ1) is 9.06. The third-order valence-electron chi connectivity index (χ3n) is 3.00. The van der Waals surface area contributed by atoms with Crippen molar-refractivity contribution in [3.05, 3.63) is 51.7 Å². The summed E-state index contributed by atoms with van der Waals surface area (Å²) in [5.74, 6) is 0. The molecule has 3 nitrogen and oxygen atoms in total. The number of amides is 2. The lowest BCUT2D eigenvalue weighted by Gasteiger charge is -2.17. The average molecular weight is 274 g/mol. The molecule has 0 aliphatic rings. The van der Waals surface area contributed by atoms with Gasteiger partial charge in [0.2, 0.25) is 0 Å². The highest BCUT2D eigenvalue weighted by molar-refractivity contribution is 7.10. The van der Waals surface area contributed by atoms with E-state index in [1.54, 1.807) is 16.2 Å². The Balaban J connectivity index is 1.96. The molecular weight excluding hydrogens is 256 g/mol. The summed E-state index contributed by atoms with van der Waals surface area (Å²) in [4.78, 5) is 15.0. The molecule has 0 saturated heterocycles. The van der Waals surface area contributed by atoms with Crippen molar-refractivity contribution < 1.29 is 4.79 Å². The van der Waals surface area contributed by atoms with Gasteiger partial charge in [0.05, 0.1) is 6.54 Å². The van der Waals surface area contributed by atoms with Crippen LogP contribution in [0.25, 0.3) is 0 Å². The molecule has 1 aromatic carbocycles. The van der Waals surface area contributed by atoms with Crippen molar-refractivity contribution in [2.45, 2.75) is 20.4 Å². The number of hydrogen-bond acceptors (Lipinski definition) is 2. The summed E-state index contributed by atoms with van der Waals surface area (Å²) in [6, 6.07) is 9.79. The van der Waals surface area contributed by atoms with Gasteiger partial charge in [-0.25, -0.2) is 4.79 Å². The molecular formula is C15H18N2OS. The summed E-state index contributed by atoms with van der Waals surface area (Å²) in [5, 5.41) is 4.94. The van der Waals surface area contributed by atoms with Gasteiger partial charge in [0.15, 0.2) is 0 Å². The van der Waals surface area contributed by atoms with Crippen LogP contribution in [-0.2, 0) is 6.54 Å². The van der Waals surface area contributed by atoms with Gasteiger partial charge >= 0.3 is 6.03 Å². The summed E-state index contributed by atoms with van der Waals surface area (Å²) >= 11 is 1.68. The van der Waals surface area contributed by atoms with Crippen LogP contribution in [0.4, 0.5) is 10.5 Å². The monoisotopic (exact) mass is 274 g/mol. The molecule has 0 spiro atoms. The van der Waals surface area contributed by atoms with E-state index >= 15 is 0 Å².